The van der Waals surface area contributed by atoms with Crippen LogP contribution in [0.5, 0.6) is 0 Å². The van der Waals surface area contributed by atoms with E-state index in [0.29, 0.717) is 11.8 Å². The van der Waals surface area contributed by atoms with Crippen LogP contribution in [0.1, 0.15) is 46.0 Å². The van der Waals surface area contributed by atoms with Crippen molar-refractivity contribution in [1.29, 1.82) is 0 Å². The van der Waals surface area contributed by atoms with Crippen LogP contribution >= 0.6 is 0 Å². The second-order valence-electron chi connectivity index (χ2n) is 3.95. The van der Waals surface area contributed by atoms with E-state index in [4.69, 9.17) is 0 Å². The molecule has 1 saturated carbocycles. The van der Waals surface area contributed by atoms with E-state index in [-0.39, 0.29) is 5.91 Å². The van der Waals surface area contributed by atoms with Crippen molar-refractivity contribution >= 4 is 5.91 Å². The van der Waals surface area contributed by atoms with Crippen LogP contribution in [0.15, 0.2) is 0 Å². The summed E-state index contributed by atoms with van der Waals surface area (Å²) in [4.78, 5) is 11.7. The number of nitrogens with one attached hydrogen (secondary N) is 1. The summed E-state index contributed by atoms with van der Waals surface area (Å²) in [6, 6.07) is 0. The molecule has 1 aliphatic carbocycles. The fourth-order valence-corrected chi connectivity index (χ4v) is 2.35. The predicted molar refractivity (Wildman–Crippen MR) is 54.4 cm³/mol. The Morgan fingerprint density at radius 1 is 1.31 bits per heavy atom. The molecule has 2 atom stereocenters. The van der Waals surface area contributed by atoms with Gasteiger partial charge in [-0.05, 0) is 25.7 Å². The summed E-state index contributed by atoms with van der Waals surface area (Å²) in [5.74, 6) is 1.23. The number of amides is 1. The molecule has 1 rings (SSSR count). The molecule has 0 aromatic heterocycles. The lowest BCUT2D eigenvalue weighted by molar-refractivity contribution is -0.127. The molecule has 13 heavy (non-hydrogen) atoms. The lowest BCUT2D eigenvalue weighted by Gasteiger charge is -2.29. The highest BCUT2D eigenvalue weighted by Gasteiger charge is 2.28. The van der Waals surface area contributed by atoms with E-state index in [0.717, 1.165) is 19.4 Å². The molecule has 0 aliphatic heterocycles. The van der Waals surface area contributed by atoms with Crippen LogP contribution < -0.4 is 5.32 Å². The van der Waals surface area contributed by atoms with Crippen molar-refractivity contribution in [2.24, 2.45) is 11.8 Å². The fourth-order valence-electron chi connectivity index (χ4n) is 2.35. The molecule has 0 radical (unpaired) electrons. The highest BCUT2D eigenvalue weighted by Crippen LogP contribution is 2.32. The van der Waals surface area contributed by atoms with E-state index < -0.39 is 0 Å². The highest BCUT2D eigenvalue weighted by atomic mass is 16.1. The van der Waals surface area contributed by atoms with Crippen LogP contribution in [0.2, 0.25) is 0 Å². The first-order valence-corrected chi connectivity index (χ1v) is 5.57. The maximum atomic E-state index is 11.7. The van der Waals surface area contributed by atoms with Crippen molar-refractivity contribution in [3.8, 4) is 0 Å². The normalized spacial score (nSPS) is 28.5. The summed E-state index contributed by atoms with van der Waals surface area (Å²) in [5, 5.41) is 2.94. The lowest BCUT2D eigenvalue weighted by Crippen LogP contribution is -2.36. The van der Waals surface area contributed by atoms with Gasteiger partial charge in [0.2, 0.25) is 5.91 Å². The van der Waals surface area contributed by atoms with Gasteiger partial charge in [0.15, 0.2) is 0 Å². The summed E-state index contributed by atoms with van der Waals surface area (Å²) < 4.78 is 0. The fraction of sp³-hybridized carbons (Fsp3) is 0.909. The van der Waals surface area contributed by atoms with Crippen LogP contribution in [0, 0.1) is 11.8 Å². The van der Waals surface area contributed by atoms with Gasteiger partial charge in [-0.1, -0.05) is 26.2 Å². The van der Waals surface area contributed by atoms with Crippen molar-refractivity contribution in [1.82, 2.24) is 5.32 Å². The van der Waals surface area contributed by atoms with Crippen LogP contribution in [0.4, 0.5) is 0 Å². The summed E-state index contributed by atoms with van der Waals surface area (Å²) in [5.41, 5.74) is 0. The lowest BCUT2D eigenvalue weighted by atomic mass is 9.77. The molecule has 0 heterocycles. The van der Waals surface area contributed by atoms with Gasteiger partial charge in [0, 0.05) is 12.5 Å². The van der Waals surface area contributed by atoms with Crippen molar-refractivity contribution in [3.63, 3.8) is 0 Å². The van der Waals surface area contributed by atoms with Crippen LogP contribution in [0.3, 0.4) is 0 Å². The average Bonchev–Trinajstić information content (AvgIpc) is 2.18. The molecule has 1 N–H and O–H groups in total. The molecule has 0 aromatic rings. The Labute approximate surface area is 81.1 Å². The molecule has 2 unspecified atom stereocenters. The molecule has 2 nitrogen and oxygen atoms in total. The van der Waals surface area contributed by atoms with Crippen LogP contribution in [-0.4, -0.2) is 12.5 Å². The third kappa shape index (κ3) is 2.71. The first kappa shape index (κ1) is 10.6. The van der Waals surface area contributed by atoms with Gasteiger partial charge in [-0.15, -0.1) is 0 Å². The molecule has 0 saturated heterocycles. The summed E-state index contributed by atoms with van der Waals surface area (Å²) in [7, 11) is 0. The SMILES string of the molecule is CCNC(=O)C1CCCCC1CC. The van der Waals surface area contributed by atoms with Crippen LogP contribution in [0.25, 0.3) is 0 Å². The Morgan fingerprint density at radius 3 is 2.62 bits per heavy atom. The van der Waals surface area contributed by atoms with Gasteiger partial charge in [-0.25, -0.2) is 0 Å². The van der Waals surface area contributed by atoms with E-state index in [1.165, 1.54) is 19.3 Å². The van der Waals surface area contributed by atoms with Gasteiger partial charge in [0.05, 0.1) is 0 Å². The van der Waals surface area contributed by atoms with Crippen molar-refractivity contribution in [2.75, 3.05) is 6.54 Å². The number of rotatable bonds is 3. The minimum absolute atomic E-state index is 0.286. The summed E-state index contributed by atoms with van der Waals surface area (Å²) in [6.45, 7) is 4.95. The molecule has 0 spiro atoms. The minimum Gasteiger partial charge on any atom is -0.356 e. The van der Waals surface area contributed by atoms with Crippen LogP contribution in [-0.2, 0) is 4.79 Å². The Hall–Kier alpha value is -0.530. The van der Waals surface area contributed by atoms with E-state index in [1.54, 1.807) is 0 Å². The zero-order chi connectivity index (χ0) is 9.68. The van der Waals surface area contributed by atoms with E-state index in [1.807, 2.05) is 6.92 Å². The van der Waals surface area contributed by atoms with Gasteiger partial charge >= 0.3 is 0 Å². The highest BCUT2D eigenvalue weighted by molar-refractivity contribution is 5.78. The summed E-state index contributed by atoms with van der Waals surface area (Å²) in [6.07, 6.45) is 6.05. The Kier molecular flexibility index (Phi) is 4.26. The van der Waals surface area contributed by atoms with Crippen molar-refractivity contribution < 1.29 is 4.79 Å². The molecule has 0 aromatic carbocycles. The first-order chi connectivity index (χ1) is 6.29. The zero-order valence-electron chi connectivity index (χ0n) is 8.81. The van der Waals surface area contributed by atoms with Gasteiger partial charge in [-0.2, -0.15) is 0 Å². The Bertz CT molecular complexity index is 167. The Balaban J connectivity index is 2.48. The zero-order valence-corrected chi connectivity index (χ0v) is 8.81. The topological polar surface area (TPSA) is 29.1 Å². The van der Waals surface area contributed by atoms with Gasteiger partial charge in [0.1, 0.15) is 0 Å². The number of hydrogen-bond acceptors (Lipinski definition) is 1. The minimum atomic E-state index is 0.286. The van der Waals surface area contributed by atoms with Crippen molar-refractivity contribution in [2.45, 2.75) is 46.0 Å². The van der Waals surface area contributed by atoms with Crippen molar-refractivity contribution in [3.05, 3.63) is 0 Å². The number of hydrogen-bond donors (Lipinski definition) is 1. The molecule has 2 heteroatoms. The maximum Gasteiger partial charge on any atom is 0.223 e. The average molecular weight is 183 g/mol. The molecule has 1 fully saturated rings. The van der Waals surface area contributed by atoms with E-state index >= 15 is 0 Å². The number of carbonyl (C=O) groups is 1. The second-order valence-corrected chi connectivity index (χ2v) is 3.95. The standard InChI is InChI=1S/C11H21NO/c1-3-9-7-5-6-8-10(9)11(13)12-4-2/h9-10H,3-8H2,1-2H3,(H,12,13). The predicted octanol–water partition coefficient (Wildman–Crippen LogP) is 2.34. The largest absolute Gasteiger partial charge is 0.356 e. The van der Waals surface area contributed by atoms with E-state index in [9.17, 15) is 4.79 Å². The molecule has 0 bridgehead atoms. The molecule has 76 valence electrons. The second kappa shape index (κ2) is 5.25. The molecular formula is C11H21NO. The Morgan fingerprint density at radius 2 is 2.00 bits per heavy atom. The summed E-state index contributed by atoms with van der Waals surface area (Å²) >= 11 is 0. The maximum absolute atomic E-state index is 11.7. The molecule has 1 amide bonds. The third-order valence-electron chi connectivity index (χ3n) is 3.12. The first-order valence-electron chi connectivity index (χ1n) is 5.57. The smallest absolute Gasteiger partial charge is 0.223 e. The number of carbonyl (C=O) groups excluding carboxylic acids is 1. The molecular weight excluding hydrogens is 162 g/mol. The van der Waals surface area contributed by atoms with Gasteiger partial charge in [0.25, 0.3) is 0 Å². The monoisotopic (exact) mass is 183 g/mol. The quantitative estimate of drug-likeness (QED) is 0.715. The van der Waals surface area contributed by atoms with E-state index in [2.05, 4.69) is 12.2 Å². The third-order valence-corrected chi connectivity index (χ3v) is 3.12. The van der Waals surface area contributed by atoms with Gasteiger partial charge in [-0.3, -0.25) is 4.79 Å². The molecule has 1 aliphatic rings. The van der Waals surface area contributed by atoms with Gasteiger partial charge < -0.3 is 5.32 Å².